The molecule has 2 nitrogen and oxygen atoms in total. The summed E-state index contributed by atoms with van der Waals surface area (Å²) in [6.45, 7) is 3.96. The van der Waals surface area contributed by atoms with Crippen LogP contribution in [0.4, 0.5) is 0 Å². The molecule has 0 amide bonds. The Bertz CT molecular complexity index is 223. The lowest BCUT2D eigenvalue weighted by molar-refractivity contribution is 0.167. The van der Waals surface area contributed by atoms with Crippen LogP contribution in [0, 0.1) is 0 Å². The lowest BCUT2D eigenvalue weighted by atomic mass is 9.97. The number of nitrogens with zero attached hydrogens (tertiary/aromatic N) is 1. The van der Waals surface area contributed by atoms with E-state index in [0.717, 1.165) is 12.1 Å². The van der Waals surface area contributed by atoms with Crippen molar-refractivity contribution < 1.29 is 0 Å². The van der Waals surface area contributed by atoms with Crippen molar-refractivity contribution in [3.05, 3.63) is 0 Å². The Balaban J connectivity index is 1.47. The Morgan fingerprint density at radius 1 is 1.11 bits per heavy atom. The third-order valence-corrected chi connectivity index (χ3v) is 5.23. The average molecular weight is 270 g/mol. The van der Waals surface area contributed by atoms with Gasteiger partial charge in [-0.05, 0) is 70.2 Å². The number of fused-ring (bicyclic) bond motifs is 1. The van der Waals surface area contributed by atoms with Crippen LogP contribution < -0.4 is 5.32 Å². The molecule has 0 bridgehead atoms. The zero-order valence-electron chi connectivity index (χ0n) is 12.0. The van der Waals surface area contributed by atoms with E-state index < -0.39 is 0 Å². The molecule has 106 valence electrons. The number of unbranched alkanes of at least 4 members (excludes halogenated alkanes) is 3. The molecule has 2 heterocycles. The van der Waals surface area contributed by atoms with Gasteiger partial charge in [0, 0.05) is 12.1 Å². The SMILES string of the molecule is CSCCCCCCNC1CCN2CCCC2C1. The van der Waals surface area contributed by atoms with Crippen LogP contribution in [0.5, 0.6) is 0 Å². The summed E-state index contributed by atoms with van der Waals surface area (Å²) in [7, 11) is 0. The molecular weight excluding hydrogens is 240 g/mol. The van der Waals surface area contributed by atoms with Crippen molar-refractivity contribution in [2.75, 3.05) is 31.6 Å². The highest BCUT2D eigenvalue weighted by Crippen LogP contribution is 2.26. The van der Waals surface area contributed by atoms with Crippen molar-refractivity contribution in [2.24, 2.45) is 0 Å². The molecule has 2 fully saturated rings. The second-order valence-corrected chi connectivity index (χ2v) is 6.90. The molecule has 0 aliphatic carbocycles. The van der Waals surface area contributed by atoms with Gasteiger partial charge in [0.05, 0.1) is 0 Å². The highest BCUT2D eigenvalue weighted by atomic mass is 32.2. The molecule has 0 aromatic carbocycles. The van der Waals surface area contributed by atoms with E-state index in [1.165, 1.54) is 76.8 Å². The minimum atomic E-state index is 0.815. The van der Waals surface area contributed by atoms with Gasteiger partial charge in [-0.2, -0.15) is 11.8 Å². The molecule has 2 unspecified atom stereocenters. The van der Waals surface area contributed by atoms with Crippen molar-refractivity contribution >= 4 is 11.8 Å². The van der Waals surface area contributed by atoms with Crippen LogP contribution in [0.25, 0.3) is 0 Å². The summed E-state index contributed by atoms with van der Waals surface area (Å²) in [5.41, 5.74) is 0. The van der Waals surface area contributed by atoms with Crippen molar-refractivity contribution in [3.8, 4) is 0 Å². The molecule has 18 heavy (non-hydrogen) atoms. The van der Waals surface area contributed by atoms with Crippen molar-refractivity contribution in [1.29, 1.82) is 0 Å². The number of rotatable bonds is 8. The molecule has 2 rings (SSSR count). The number of hydrogen-bond acceptors (Lipinski definition) is 3. The van der Waals surface area contributed by atoms with Crippen LogP contribution in [0.3, 0.4) is 0 Å². The van der Waals surface area contributed by atoms with Gasteiger partial charge in [0.1, 0.15) is 0 Å². The number of nitrogens with one attached hydrogen (secondary N) is 1. The second kappa shape index (κ2) is 8.44. The summed E-state index contributed by atoms with van der Waals surface area (Å²) >= 11 is 1.98. The number of hydrogen-bond donors (Lipinski definition) is 1. The molecule has 0 aromatic rings. The first-order valence-corrected chi connectivity index (χ1v) is 9.26. The Labute approximate surface area is 117 Å². The van der Waals surface area contributed by atoms with Gasteiger partial charge in [-0.3, -0.25) is 0 Å². The van der Waals surface area contributed by atoms with Crippen molar-refractivity contribution in [1.82, 2.24) is 10.2 Å². The smallest absolute Gasteiger partial charge is 0.0111 e. The summed E-state index contributed by atoms with van der Waals surface area (Å²) in [5.74, 6) is 1.34. The van der Waals surface area contributed by atoms with E-state index in [0.29, 0.717) is 0 Å². The molecule has 0 aromatic heterocycles. The fourth-order valence-electron chi connectivity index (χ4n) is 3.44. The van der Waals surface area contributed by atoms with Gasteiger partial charge >= 0.3 is 0 Å². The second-order valence-electron chi connectivity index (χ2n) is 5.91. The fourth-order valence-corrected chi connectivity index (χ4v) is 3.93. The van der Waals surface area contributed by atoms with E-state index >= 15 is 0 Å². The quantitative estimate of drug-likeness (QED) is 0.682. The summed E-state index contributed by atoms with van der Waals surface area (Å²) in [5, 5.41) is 3.79. The van der Waals surface area contributed by atoms with Gasteiger partial charge in [0.2, 0.25) is 0 Å². The molecule has 2 aliphatic rings. The van der Waals surface area contributed by atoms with E-state index in [2.05, 4.69) is 16.5 Å². The number of thioether (sulfide) groups is 1. The van der Waals surface area contributed by atoms with Gasteiger partial charge < -0.3 is 10.2 Å². The van der Waals surface area contributed by atoms with Gasteiger partial charge in [-0.1, -0.05) is 12.8 Å². The topological polar surface area (TPSA) is 15.3 Å². The van der Waals surface area contributed by atoms with Gasteiger partial charge in [-0.15, -0.1) is 0 Å². The van der Waals surface area contributed by atoms with Crippen LogP contribution in [0.2, 0.25) is 0 Å². The first kappa shape index (κ1) is 14.7. The summed E-state index contributed by atoms with van der Waals surface area (Å²) in [6, 6.07) is 1.73. The molecule has 0 saturated carbocycles. The highest BCUT2D eigenvalue weighted by molar-refractivity contribution is 7.98. The lowest BCUT2D eigenvalue weighted by Crippen LogP contribution is -2.45. The Morgan fingerprint density at radius 2 is 2.00 bits per heavy atom. The van der Waals surface area contributed by atoms with E-state index in [1.54, 1.807) is 0 Å². The molecule has 2 aliphatic heterocycles. The van der Waals surface area contributed by atoms with Crippen LogP contribution in [0.1, 0.15) is 51.4 Å². The zero-order chi connectivity index (χ0) is 12.6. The average Bonchev–Trinajstić information content (AvgIpc) is 2.85. The monoisotopic (exact) mass is 270 g/mol. The maximum absolute atomic E-state index is 3.79. The van der Waals surface area contributed by atoms with Crippen LogP contribution >= 0.6 is 11.8 Å². The molecule has 0 spiro atoms. The minimum Gasteiger partial charge on any atom is -0.314 e. The molecule has 0 radical (unpaired) electrons. The fraction of sp³-hybridized carbons (Fsp3) is 1.00. The van der Waals surface area contributed by atoms with Gasteiger partial charge in [0.15, 0.2) is 0 Å². The largest absolute Gasteiger partial charge is 0.314 e. The molecule has 2 atom stereocenters. The summed E-state index contributed by atoms with van der Waals surface area (Å²) in [4.78, 5) is 2.71. The predicted octanol–water partition coefficient (Wildman–Crippen LogP) is 3.13. The van der Waals surface area contributed by atoms with Gasteiger partial charge in [-0.25, -0.2) is 0 Å². The Kier molecular flexibility index (Phi) is 6.88. The highest BCUT2D eigenvalue weighted by Gasteiger charge is 2.31. The summed E-state index contributed by atoms with van der Waals surface area (Å²) in [6.07, 6.45) is 13.5. The lowest BCUT2D eigenvalue weighted by Gasteiger charge is -2.35. The first-order valence-electron chi connectivity index (χ1n) is 7.86. The van der Waals surface area contributed by atoms with Crippen molar-refractivity contribution in [3.63, 3.8) is 0 Å². The van der Waals surface area contributed by atoms with E-state index in [-0.39, 0.29) is 0 Å². The van der Waals surface area contributed by atoms with E-state index in [1.807, 2.05) is 11.8 Å². The molecule has 3 heteroatoms. The Hall–Kier alpha value is 0.270. The van der Waals surface area contributed by atoms with Gasteiger partial charge in [0.25, 0.3) is 0 Å². The first-order chi connectivity index (χ1) is 8.90. The van der Waals surface area contributed by atoms with Crippen LogP contribution in [0.15, 0.2) is 0 Å². The van der Waals surface area contributed by atoms with Crippen molar-refractivity contribution in [2.45, 2.75) is 63.5 Å². The van der Waals surface area contributed by atoms with E-state index in [4.69, 9.17) is 0 Å². The minimum absolute atomic E-state index is 0.815. The zero-order valence-corrected chi connectivity index (χ0v) is 12.8. The Morgan fingerprint density at radius 3 is 2.89 bits per heavy atom. The predicted molar refractivity (Wildman–Crippen MR) is 82.5 cm³/mol. The van der Waals surface area contributed by atoms with Crippen LogP contribution in [-0.2, 0) is 0 Å². The normalized spacial score (nSPS) is 28.5. The molecular formula is C15H30N2S. The maximum Gasteiger partial charge on any atom is 0.0111 e. The van der Waals surface area contributed by atoms with E-state index in [9.17, 15) is 0 Å². The molecule has 2 saturated heterocycles. The summed E-state index contributed by atoms with van der Waals surface area (Å²) < 4.78 is 0. The molecule has 1 N–H and O–H groups in total. The standard InChI is InChI=1S/C15H30N2S/c1-18-12-5-3-2-4-9-16-14-8-11-17-10-6-7-15(17)13-14/h14-16H,2-13H2,1H3. The third kappa shape index (κ3) is 4.75. The number of piperidine rings is 1. The maximum atomic E-state index is 3.79. The van der Waals surface area contributed by atoms with Crippen LogP contribution in [-0.4, -0.2) is 48.6 Å². The third-order valence-electron chi connectivity index (χ3n) is 4.53.